The summed E-state index contributed by atoms with van der Waals surface area (Å²) in [5, 5.41) is 0.816. The number of anilines is 1. The first-order valence-corrected chi connectivity index (χ1v) is 13.7. The lowest BCUT2D eigenvalue weighted by atomic mass is 10.0. The fourth-order valence-corrected chi connectivity index (χ4v) is 4.97. The summed E-state index contributed by atoms with van der Waals surface area (Å²) in [4.78, 5) is 17.3. The molecule has 0 saturated heterocycles. The first-order valence-electron chi connectivity index (χ1n) is 12.9. The second-order valence-corrected chi connectivity index (χ2v) is 10.2. The fourth-order valence-electron chi connectivity index (χ4n) is 4.13. The molecule has 1 heterocycles. The number of carbonyl (C=O) groups excluding carboxylic acids is 1. The monoisotopic (exact) mass is 501 g/mol. The number of carbonyl (C=O) groups is 1. The Morgan fingerprint density at radius 3 is 2.53 bits per heavy atom. The van der Waals surface area contributed by atoms with Crippen LogP contribution in [0.15, 0.2) is 66.7 Å². The van der Waals surface area contributed by atoms with Crippen molar-refractivity contribution in [1.29, 1.82) is 0 Å². The number of nitrogens with one attached hydrogen (secondary N) is 2. The van der Waals surface area contributed by atoms with Crippen molar-refractivity contribution in [3.05, 3.63) is 89.0 Å². The van der Waals surface area contributed by atoms with Crippen LogP contribution in [0.4, 0.5) is 5.13 Å². The number of aryl methyl sites for hydroxylation is 2. The Bertz CT molecular complexity index is 1230. The number of aromatic nitrogens is 1. The van der Waals surface area contributed by atoms with Crippen molar-refractivity contribution in [2.24, 2.45) is 0 Å². The number of nitrogens with zero attached hydrogens (tertiary/aromatic N) is 1. The fraction of sp³-hybridized carbons (Fsp3) is 0.333. The number of unbranched alkanes of at least 4 members (excludes halogenated alkanes) is 5. The van der Waals surface area contributed by atoms with Gasteiger partial charge in [0.1, 0.15) is 5.75 Å². The minimum atomic E-state index is -0.337. The summed E-state index contributed by atoms with van der Waals surface area (Å²) in [7, 11) is 0. The lowest BCUT2D eigenvalue weighted by molar-refractivity contribution is 0.0734. The molecule has 0 aliphatic rings. The molecule has 5 nitrogen and oxygen atoms in total. The smallest absolute Gasteiger partial charge is 0.343 e. The number of ether oxygens (including phenoxy) is 1. The molecule has 0 atom stereocenters. The summed E-state index contributed by atoms with van der Waals surface area (Å²) in [5.41, 5.74) is 11.4. The average molecular weight is 502 g/mol. The van der Waals surface area contributed by atoms with Crippen LogP contribution in [0.5, 0.6) is 5.75 Å². The Morgan fingerprint density at radius 1 is 0.944 bits per heavy atom. The van der Waals surface area contributed by atoms with Crippen LogP contribution in [-0.4, -0.2) is 11.0 Å². The highest BCUT2D eigenvalue weighted by atomic mass is 32.1. The van der Waals surface area contributed by atoms with Gasteiger partial charge in [-0.1, -0.05) is 80.7 Å². The van der Waals surface area contributed by atoms with Crippen LogP contribution < -0.4 is 15.6 Å². The highest BCUT2D eigenvalue weighted by Crippen LogP contribution is 2.25. The third-order valence-corrected chi connectivity index (χ3v) is 7.26. The number of esters is 1. The maximum Gasteiger partial charge on any atom is 0.343 e. The van der Waals surface area contributed by atoms with Gasteiger partial charge in [0, 0.05) is 6.54 Å². The number of hydrogen-bond acceptors (Lipinski definition) is 6. The molecule has 0 aliphatic carbocycles. The lowest BCUT2D eigenvalue weighted by Crippen LogP contribution is -2.21. The molecule has 188 valence electrons. The molecule has 0 bridgehead atoms. The van der Waals surface area contributed by atoms with Crippen LogP contribution >= 0.6 is 11.3 Å². The predicted octanol–water partition coefficient (Wildman–Crippen LogP) is 7.84. The molecule has 0 radical (unpaired) electrons. The highest BCUT2D eigenvalue weighted by molar-refractivity contribution is 7.22. The van der Waals surface area contributed by atoms with Crippen molar-refractivity contribution in [3.8, 4) is 5.75 Å². The van der Waals surface area contributed by atoms with E-state index in [4.69, 9.17) is 4.74 Å². The van der Waals surface area contributed by atoms with E-state index >= 15 is 0 Å². The van der Waals surface area contributed by atoms with Crippen molar-refractivity contribution < 1.29 is 9.53 Å². The van der Waals surface area contributed by atoms with Crippen LogP contribution in [0.1, 0.15) is 72.5 Å². The summed E-state index contributed by atoms with van der Waals surface area (Å²) in [6.07, 6.45) is 8.77. The van der Waals surface area contributed by atoms with Gasteiger partial charge in [-0.25, -0.2) is 15.2 Å². The molecule has 2 N–H and O–H groups in total. The Hall–Kier alpha value is -3.22. The molecule has 4 aromatic rings. The third kappa shape index (κ3) is 7.39. The zero-order valence-corrected chi connectivity index (χ0v) is 22.0. The van der Waals surface area contributed by atoms with E-state index in [9.17, 15) is 4.79 Å². The summed E-state index contributed by atoms with van der Waals surface area (Å²) in [6.45, 7) is 4.86. The van der Waals surface area contributed by atoms with Crippen molar-refractivity contribution in [2.75, 3.05) is 5.43 Å². The number of benzene rings is 3. The van der Waals surface area contributed by atoms with Gasteiger partial charge in [0.2, 0.25) is 0 Å². The van der Waals surface area contributed by atoms with E-state index in [0.29, 0.717) is 17.9 Å². The Morgan fingerprint density at radius 2 is 1.72 bits per heavy atom. The molecule has 3 aromatic carbocycles. The number of hydrazine groups is 1. The molecule has 0 aliphatic heterocycles. The molecule has 6 heteroatoms. The van der Waals surface area contributed by atoms with Gasteiger partial charge < -0.3 is 4.74 Å². The summed E-state index contributed by atoms with van der Waals surface area (Å²) in [5.74, 6) is 0.204. The van der Waals surface area contributed by atoms with Gasteiger partial charge in [-0.15, -0.1) is 0 Å². The van der Waals surface area contributed by atoms with E-state index in [-0.39, 0.29) is 5.97 Å². The van der Waals surface area contributed by atoms with Gasteiger partial charge in [-0.2, -0.15) is 0 Å². The average Bonchev–Trinajstić information content (AvgIpc) is 3.31. The standard InChI is InChI=1S/C30H35N3O2S/c1-3-4-5-6-7-8-11-23-15-17-24(18-16-23)29(34)35-26-19-14-22(2)25(20-26)21-31-33-30-32-27-12-9-10-13-28(27)36-30/h9-10,12-20,31H,3-8,11,21H2,1-2H3,(H,32,33). The number of thiazole rings is 1. The third-order valence-electron chi connectivity index (χ3n) is 6.31. The Balaban J connectivity index is 1.27. The van der Waals surface area contributed by atoms with Crippen LogP contribution in [0, 0.1) is 6.92 Å². The van der Waals surface area contributed by atoms with Gasteiger partial charge in [0.25, 0.3) is 0 Å². The lowest BCUT2D eigenvalue weighted by Gasteiger charge is -2.11. The summed E-state index contributed by atoms with van der Waals surface area (Å²) >= 11 is 1.60. The zero-order chi connectivity index (χ0) is 25.2. The van der Waals surface area contributed by atoms with Gasteiger partial charge in [0.05, 0.1) is 15.8 Å². The van der Waals surface area contributed by atoms with Gasteiger partial charge in [0.15, 0.2) is 5.13 Å². The van der Waals surface area contributed by atoms with E-state index in [2.05, 4.69) is 28.8 Å². The van der Waals surface area contributed by atoms with Crippen molar-refractivity contribution in [2.45, 2.75) is 65.3 Å². The van der Waals surface area contributed by atoms with E-state index in [0.717, 1.165) is 32.9 Å². The van der Waals surface area contributed by atoms with Gasteiger partial charge in [-0.3, -0.25) is 5.43 Å². The van der Waals surface area contributed by atoms with Crippen LogP contribution in [0.3, 0.4) is 0 Å². The topological polar surface area (TPSA) is 63.2 Å². The largest absolute Gasteiger partial charge is 0.423 e. The first-order chi connectivity index (χ1) is 17.6. The molecule has 36 heavy (non-hydrogen) atoms. The Labute approximate surface area is 217 Å². The van der Waals surface area contributed by atoms with Gasteiger partial charge in [-0.05, 0) is 72.9 Å². The summed E-state index contributed by atoms with van der Waals surface area (Å²) < 4.78 is 6.82. The molecule has 0 spiro atoms. The highest BCUT2D eigenvalue weighted by Gasteiger charge is 2.10. The molecule has 0 amide bonds. The van der Waals surface area contributed by atoms with E-state index in [1.54, 1.807) is 11.3 Å². The summed E-state index contributed by atoms with van der Waals surface area (Å²) in [6, 6.07) is 21.6. The molecule has 0 unspecified atom stereocenters. The van der Waals surface area contributed by atoms with E-state index in [1.165, 1.54) is 44.1 Å². The zero-order valence-electron chi connectivity index (χ0n) is 21.2. The normalized spacial score (nSPS) is 11.1. The number of fused-ring (bicyclic) bond motifs is 1. The maximum absolute atomic E-state index is 12.7. The van der Waals surface area contributed by atoms with Crippen molar-refractivity contribution in [3.63, 3.8) is 0 Å². The maximum atomic E-state index is 12.7. The quantitative estimate of drug-likeness (QED) is 0.0845. The first kappa shape index (κ1) is 25.9. The van der Waals surface area contributed by atoms with E-state index in [1.807, 2.05) is 67.6 Å². The SMILES string of the molecule is CCCCCCCCc1ccc(C(=O)Oc2ccc(C)c(CNNc3nc4ccccc4s3)c2)cc1. The molecular weight excluding hydrogens is 466 g/mol. The molecule has 4 rings (SSSR count). The molecule has 0 saturated carbocycles. The van der Waals surface area contributed by atoms with Crippen molar-refractivity contribution in [1.82, 2.24) is 10.4 Å². The molecular formula is C30H35N3O2S. The van der Waals surface area contributed by atoms with Crippen LogP contribution in [0.2, 0.25) is 0 Å². The second-order valence-electron chi connectivity index (χ2n) is 9.16. The number of para-hydroxylation sites is 1. The predicted molar refractivity (Wildman–Crippen MR) is 150 cm³/mol. The number of rotatable bonds is 13. The van der Waals surface area contributed by atoms with Crippen LogP contribution in [0.25, 0.3) is 10.2 Å². The van der Waals surface area contributed by atoms with Crippen molar-refractivity contribution >= 4 is 32.7 Å². The second kappa shape index (κ2) is 13.2. The number of hydrogen-bond donors (Lipinski definition) is 2. The van der Waals surface area contributed by atoms with E-state index < -0.39 is 0 Å². The van der Waals surface area contributed by atoms with Crippen LogP contribution in [-0.2, 0) is 13.0 Å². The molecule has 0 fully saturated rings. The molecule has 1 aromatic heterocycles. The minimum absolute atomic E-state index is 0.337. The minimum Gasteiger partial charge on any atom is -0.423 e. The van der Waals surface area contributed by atoms with Gasteiger partial charge >= 0.3 is 5.97 Å². The Kier molecular flexibility index (Phi) is 9.47.